The van der Waals surface area contributed by atoms with Crippen LogP contribution in [-0.2, 0) is 13.2 Å². The predicted molar refractivity (Wildman–Crippen MR) is 64.4 cm³/mol. The number of aromatic amines is 1. The molecular weight excluding hydrogens is 268 g/mol. The van der Waals surface area contributed by atoms with E-state index in [0.29, 0.717) is 23.0 Å². The molecule has 0 fully saturated rings. The molecule has 10 heteroatoms. The number of aromatic nitrogens is 2. The molecule has 0 spiro atoms. The molecule has 3 heterocycles. The highest BCUT2D eigenvalue weighted by Gasteiger charge is 2.13. The van der Waals surface area contributed by atoms with Crippen LogP contribution in [0.3, 0.4) is 0 Å². The molecule has 0 amide bonds. The van der Waals surface area contributed by atoms with Gasteiger partial charge < -0.3 is 24.7 Å². The van der Waals surface area contributed by atoms with Crippen molar-refractivity contribution in [1.82, 2.24) is 15.7 Å². The minimum Gasteiger partial charge on any atom is -0.470 e. The SMILES string of the molecule is CC1=N[NH+](Cc2cc(OCc3co[nH]c3=O)no2)[N-]N1. The van der Waals surface area contributed by atoms with Crippen molar-refractivity contribution < 1.29 is 18.9 Å². The van der Waals surface area contributed by atoms with E-state index in [2.05, 4.69) is 30.9 Å². The normalized spacial score (nSPS) is 17.9. The number of H-pyrrole nitrogens is 1. The van der Waals surface area contributed by atoms with Gasteiger partial charge in [0.1, 0.15) is 18.7 Å². The molecule has 1 atom stereocenters. The van der Waals surface area contributed by atoms with Crippen LogP contribution in [0.15, 0.2) is 31.3 Å². The second kappa shape index (κ2) is 5.19. The Kier molecular flexibility index (Phi) is 3.23. The summed E-state index contributed by atoms with van der Waals surface area (Å²) < 4.78 is 15.1. The lowest BCUT2D eigenvalue weighted by Gasteiger charge is -2.15. The molecule has 2 aromatic rings. The highest BCUT2D eigenvalue weighted by atomic mass is 16.5. The van der Waals surface area contributed by atoms with E-state index in [9.17, 15) is 4.79 Å². The summed E-state index contributed by atoms with van der Waals surface area (Å²) in [5, 5.41) is 10.7. The topological polar surface area (TPSA) is 124 Å². The van der Waals surface area contributed by atoms with Crippen LogP contribution in [0.5, 0.6) is 5.88 Å². The highest BCUT2D eigenvalue weighted by molar-refractivity contribution is 5.80. The zero-order chi connectivity index (χ0) is 13.9. The zero-order valence-electron chi connectivity index (χ0n) is 10.5. The van der Waals surface area contributed by atoms with Gasteiger partial charge in [-0.3, -0.25) is 9.91 Å². The van der Waals surface area contributed by atoms with Gasteiger partial charge in [-0.05, 0) is 12.1 Å². The van der Waals surface area contributed by atoms with Crippen LogP contribution in [0.2, 0.25) is 0 Å². The van der Waals surface area contributed by atoms with Crippen molar-refractivity contribution in [1.29, 1.82) is 0 Å². The van der Waals surface area contributed by atoms with Gasteiger partial charge in [0.25, 0.3) is 11.4 Å². The van der Waals surface area contributed by atoms with Gasteiger partial charge in [-0.15, -0.1) is 0 Å². The van der Waals surface area contributed by atoms with Gasteiger partial charge in [-0.1, -0.05) is 5.10 Å². The lowest BCUT2D eigenvalue weighted by molar-refractivity contribution is -0.882. The van der Waals surface area contributed by atoms with Crippen LogP contribution < -0.4 is 20.8 Å². The molecule has 0 aliphatic carbocycles. The molecule has 2 aromatic heterocycles. The van der Waals surface area contributed by atoms with E-state index < -0.39 is 0 Å². The number of quaternary nitrogens is 1. The summed E-state index contributed by atoms with van der Waals surface area (Å²) in [6.07, 6.45) is 1.29. The highest BCUT2D eigenvalue weighted by Crippen LogP contribution is 2.12. The first kappa shape index (κ1) is 12.4. The Morgan fingerprint density at radius 2 is 2.45 bits per heavy atom. The molecule has 0 bridgehead atoms. The van der Waals surface area contributed by atoms with Crippen LogP contribution in [0, 0.1) is 0 Å². The Bertz CT molecular complexity index is 671. The Balaban J connectivity index is 1.57. The Labute approximate surface area is 112 Å². The predicted octanol–water partition coefficient (Wildman–Crippen LogP) is -0.940. The standard InChI is InChI=1S/C10H12N6O4/c1-6-11-15-16(12-6)3-8-2-9(13-20-8)18-4-7-5-19-14-10(7)17/h2,5,16H,3-4H2,1H3,(H,11,12)(H,14,17). The van der Waals surface area contributed by atoms with E-state index >= 15 is 0 Å². The summed E-state index contributed by atoms with van der Waals surface area (Å²) in [4.78, 5) is 11.2. The molecule has 10 nitrogen and oxygen atoms in total. The van der Waals surface area contributed by atoms with E-state index in [1.807, 2.05) is 6.92 Å². The molecule has 0 aromatic carbocycles. The van der Waals surface area contributed by atoms with Gasteiger partial charge >= 0.3 is 0 Å². The van der Waals surface area contributed by atoms with Gasteiger partial charge in [-0.2, -0.15) is 5.16 Å². The summed E-state index contributed by atoms with van der Waals surface area (Å²) in [6, 6.07) is 1.62. The Morgan fingerprint density at radius 1 is 1.55 bits per heavy atom. The molecule has 0 saturated carbocycles. The largest absolute Gasteiger partial charge is 0.470 e. The summed E-state index contributed by atoms with van der Waals surface area (Å²) in [6.45, 7) is 2.28. The van der Waals surface area contributed by atoms with Crippen LogP contribution >= 0.6 is 0 Å². The minimum absolute atomic E-state index is 0.0531. The fraction of sp³-hybridized carbons (Fsp3) is 0.300. The van der Waals surface area contributed by atoms with E-state index in [0.717, 1.165) is 5.84 Å². The van der Waals surface area contributed by atoms with Crippen molar-refractivity contribution in [3.63, 3.8) is 0 Å². The van der Waals surface area contributed by atoms with Crippen molar-refractivity contribution >= 4 is 5.84 Å². The van der Waals surface area contributed by atoms with Crippen LogP contribution in [0.1, 0.15) is 18.2 Å². The van der Waals surface area contributed by atoms with Gasteiger partial charge in [0.2, 0.25) is 0 Å². The minimum atomic E-state index is -0.329. The van der Waals surface area contributed by atoms with E-state index in [4.69, 9.17) is 9.26 Å². The lowest BCUT2D eigenvalue weighted by Crippen LogP contribution is -3.00. The quantitative estimate of drug-likeness (QED) is 0.649. The number of hydrogen-bond acceptors (Lipinski definition) is 7. The van der Waals surface area contributed by atoms with E-state index in [1.54, 1.807) is 6.07 Å². The summed E-state index contributed by atoms with van der Waals surface area (Å²) in [5.41, 5.74) is 6.78. The Morgan fingerprint density at radius 3 is 3.15 bits per heavy atom. The molecule has 0 radical (unpaired) electrons. The summed E-state index contributed by atoms with van der Waals surface area (Å²) in [5.74, 6) is 1.59. The van der Waals surface area contributed by atoms with Crippen molar-refractivity contribution in [3.05, 3.63) is 39.5 Å². The number of rotatable bonds is 5. The maximum atomic E-state index is 11.2. The first-order valence-electron chi connectivity index (χ1n) is 5.82. The summed E-state index contributed by atoms with van der Waals surface area (Å²) >= 11 is 0. The molecule has 1 aliphatic rings. The molecule has 0 saturated heterocycles. The van der Waals surface area contributed by atoms with Crippen molar-refractivity contribution in [2.24, 2.45) is 5.10 Å². The second-order valence-electron chi connectivity index (χ2n) is 4.13. The molecule has 3 rings (SSSR count). The number of ether oxygens (including phenoxy) is 1. The lowest BCUT2D eigenvalue weighted by atomic mass is 10.4. The molecule has 1 unspecified atom stereocenters. The molecule has 3 N–H and O–H groups in total. The number of hydrogen-bond donors (Lipinski definition) is 3. The van der Waals surface area contributed by atoms with Crippen molar-refractivity contribution in [3.8, 4) is 5.88 Å². The first-order chi connectivity index (χ1) is 9.70. The zero-order valence-corrected chi connectivity index (χ0v) is 10.5. The number of nitrogens with one attached hydrogen (secondary N) is 3. The monoisotopic (exact) mass is 280 g/mol. The molecular formula is C10H12N6O4. The smallest absolute Gasteiger partial charge is 0.286 e. The second-order valence-corrected chi connectivity index (χ2v) is 4.13. The molecule has 20 heavy (non-hydrogen) atoms. The average molecular weight is 280 g/mol. The van der Waals surface area contributed by atoms with Crippen molar-refractivity contribution in [2.75, 3.05) is 0 Å². The maximum absolute atomic E-state index is 11.2. The Hall–Kier alpha value is -2.59. The molecule has 1 aliphatic heterocycles. The van der Waals surface area contributed by atoms with Gasteiger partial charge in [0.05, 0.1) is 11.6 Å². The average Bonchev–Trinajstić information content (AvgIpc) is 3.11. The molecule has 106 valence electrons. The first-order valence-corrected chi connectivity index (χ1v) is 5.82. The van der Waals surface area contributed by atoms with E-state index in [1.165, 1.54) is 6.26 Å². The van der Waals surface area contributed by atoms with Crippen LogP contribution in [0.25, 0.3) is 5.53 Å². The maximum Gasteiger partial charge on any atom is 0.286 e. The van der Waals surface area contributed by atoms with Crippen LogP contribution in [0.4, 0.5) is 0 Å². The third-order valence-corrected chi connectivity index (χ3v) is 2.53. The number of nitrogens with zero attached hydrogens (tertiary/aromatic N) is 3. The summed E-state index contributed by atoms with van der Waals surface area (Å²) in [7, 11) is 0. The van der Waals surface area contributed by atoms with Crippen molar-refractivity contribution in [2.45, 2.75) is 20.1 Å². The van der Waals surface area contributed by atoms with E-state index in [-0.39, 0.29) is 18.0 Å². The van der Waals surface area contributed by atoms with Crippen LogP contribution in [-0.4, -0.2) is 16.1 Å². The fourth-order valence-corrected chi connectivity index (χ4v) is 1.59. The van der Waals surface area contributed by atoms with Gasteiger partial charge in [0.15, 0.2) is 12.3 Å². The number of amidine groups is 1. The third kappa shape index (κ3) is 2.70. The fourth-order valence-electron chi connectivity index (χ4n) is 1.59. The third-order valence-electron chi connectivity index (χ3n) is 2.53. The van der Waals surface area contributed by atoms with Gasteiger partial charge in [-0.25, -0.2) is 0 Å². The van der Waals surface area contributed by atoms with Gasteiger partial charge in [0, 0.05) is 0 Å².